The Bertz CT molecular complexity index is 695. The zero-order valence-electron chi connectivity index (χ0n) is 16.6. The van der Waals surface area contributed by atoms with Crippen LogP contribution < -0.4 is 0 Å². The molecular weight excluding hydrogens is 344 g/mol. The molecule has 0 aromatic rings. The predicted octanol–water partition coefficient (Wildman–Crippen LogP) is 3.08. The van der Waals surface area contributed by atoms with Gasteiger partial charge in [0.15, 0.2) is 6.29 Å². The summed E-state index contributed by atoms with van der Waals surface area (Å²) in [6.07, 6.45) is 5.51. The lowest BCUT2D eigenvalue weighted by Gasteiger charge is -2.61. The van der Waals surface area contributed by atoms with Gasteiger partial charge in [0.2, 0.25) is 0 Å². The van der Waals surface area contributed by atoms with Crippen LogP contribution in [0.3, 0.4) is 0 Å². The quantitative estimate of drug-likeness (QED) is 0.738. The van der Waals surface area contributed by atoms with Gasteiger partial charge in [0.05, 0.1) is 19.8 Å². The fraction of sp³-hybridized carbons (Fsp3) is 0.864. The van der Waals surface area contributed by atoms with E-state index >= 15 is 0 Å². The third kappa shape index (κ3) is 1.72. The summed E-state index contributed by atoms with van der Waals surface area (Å²) in [5.74, 6) is 0.762. The van der Waals surface area contributed by atoms with Crippen molar-refractivity contribution in [1.82, 2.24) is 0 Å². The molecule has 5 aliphatic rings. The second-order valence-corrected chi connectivity index (χ2v) is 10.1. The van der Waals surface area contributed by atoms with Crippen molar-refractivity contribution in [2.75, 3.05) is 19.8 Å². The van der Waals surface area contributed by atoms with E-state index in [4.69, 9.17) is 9.47 Å². The van der Waals surface area contributed by atoms with Gasteiger partial charge in [-0.1, -0.05) is 38.8 Å². The molecule has 0 radical (unpaired) electrons. The van der Waals surface area contributed by atoms with E-state index in [-0.39, 0.29) is 18.4 Å². The summed E-state index contributed by atoms with van der Waals surface area (Å²) in [4.78, 5) is 13.2. The molecule has 5 nitrogen and oxygen atoms in total. The molecule has 0 aromatic carbocycles. The number of carboxylic acid groups (broad SMARTS) is 1. The van der Waals surface area contributed by atoms with Crippen LogP contribution in [0.4, 0.5) is 0 Å². The van der Waals surface area contributed by atoms with Gasteiger partial charge in [-0.25, -0.2) is 0 Å². The van der Waals surface area contributed by atoms with Crippen LogP contribution in [-0.4, -0.2) is 42.3 Å². The van der Waals surface area contributed by atoms with Crippen LogP contribution in [0, 0.1) is 45.8 Å². The Labute approximate surface area is 161 Å². The first-order valence-electron chi connectivity index (χ1n) is 10.7. The van der Waals surface area contributed by atoms with E-state index in [1.807, 2.05) is 0 Å². The normalized spacial score (nSPS) is 51.1. The van der Waals surface area contributed by atoms with Crippen LogP contribution in [0.1, 0.15) is 46.5 Å². The lowest BCUT2D eigenvalue weighted by atomic mass is 9.42. The molecule has 5 heteroatoms. The van der Waals surface area contributed by atoms with Crippen molar-refractivity contribution in [1.29, 1.82) is 0 Å². The third-order valence-corrected chi connectivity index (χ3v) is 9.24. The SMILES string of the molecule is CC(C)C1=CC2CC3(C4OCCO4)[C@@H]4CC[C@@H](C)[C@H]4CC2(CO)[C@]13C(=O)O. The second kappa shape index (κ2) is 5.58. The Hall–Kier alpha value is -0.910. The third-order valence-electron chi connectivity index (χ3n) is 9.24. The number of ether oxygens (including phenoxy) is 2. The highest BCUT2D eigenvalue weighted by atomic mass is 16.7. The van der Waals surface area contributed by atoms with Gasteiger partial charge in [0.1, 0.15) is 5.41 Å². The summed E-state index contributed by atoms with van der Waals surface area (Å²) >= 11 is 0. The number of hydrogen-bond donors (Lipinski definition) is 2. The van der Waals surface area contributed by atoms with E-state index in [9.17, 15) is 15.0 Å². The zero-order valence-corrected chi connectivity index (χ0v) is 16.6. The molecule has 27 heavy (non-hydrogen) atoms. The largest absolute Gasteiger partial charge is 0.481 e. The number of hydrogen-bond acceptors (Lipinski definition) is 4. The molecule has 4 aliphatic carbocycles. The molecule has 4 bridgehead atoms. The van der Waals surface area contributed by atoms with Crippen LogP contribution in [0.2, 0.25) is 0 Å². The summed E-state index contributed by atoms with van der Waals surface area (Å²) in [6.45, 7) is 7.49. The van der Waals surface area contributed by atoms with Crippen LogP contribution >= 0.6 is 0 Å². The van der Waals surface area contributed by atoms with Crippen LogP contribution in [-0.2, 0) is 14.3 Å². The van der Waals surface area contributed by atoms with Gasteiger partial charge in [0, 0.05) is 10.8 Å². The molecule has 7 atom stereocenters. The van der Waals surface area contributed by atoms with Gasteiger partial charge in [-0.3, -0.25) is 4.79 Å². The molecule has 1 aliphatic heterocycles. The highest BCUT2D eigenvalue weighted by Crippen LogP contribution is 2.84. The first-order chi connectivity index (χ1) is 12.9. The van der Waals surface area contributed by atoms with Gasteiger partial charge in [0.25, 0.3) is 0 Å². The van der Waals surface area contributed by atoms with E-state index in [1.54, 1.807) is 0 Å². The highest BCUT2D eigenvalue weighted by molar-refractivity contribution is 5.85. The molecular formula is C22H32O5. The van der Waals surface area contributed by atoms with Crippen LogP contribution in [0.15, 0.2) is 11.6 Å². The molecule has 3 saturated carbocycles. The maximum Gasteiger partial charge on any atom is 0.315 e. The molecule has 0 amide bonds. The Morgan fingerprint density at radius 1 is 1.26 bits per heavy atom. The number of aliphatic hydroxyl groups is 1. The minimum absolute atomic E-state index is 0.0684. The topological polar surface area (TPSA) is 76.0 Å². The Balaban J connectivity index is 1.81. The Morgan fingerprint density at radius 2 is 1.96 bits per heavy atom. The van der Waals surface area contributed by atoms with Gasteiger partial charge < -0.3 is 19.7 Å². The first kappa shape index (κ1) is 18.1. The monoisotopic (exact) mass is 376 g/mol. The van der Waals surface area contributed by atoms with Gasteiger partial charge in [-0.15, -0.1) is 0 Å². The van der Waals surface area contributed by atoms with Gasteiger partial charge >= 0.3 is 5.97 Å². The number of aliphatic carboxylic acids is 1. The van der Waals surface area contributed by atoms with E-state index in [0.717, 1.165) is 31.3 Å². The van der Waals surface area contributed by atoms with Crippen LogP contribution in [0.25, 0.3) is 0 Å². The van der Waals surface area contributed by atoms with Gasteiger partial charge in [-0.05, 0) is 48.9 Å². The maximum absolute atomic E-state index is 13.2. The smallest absolute Gasteiger partial charge is 0.315 e. The van der Waals surface area contributed by atoms with Crippen molar-refractivity contribution >= 4 is 5.97 Å². The van der Waals surface area contributed by atoms with Crippen molar-refractivity contribution in [3.8, 4) is 0 Å². The Morgan fingerprint density at radius 3 is 2.56 bits per heavy atom. The van der Waals surface area contributed by atoms with E-state index in [0.29, 0.717) is 31.0 Å². The number of fused-ring (bicyclic) bond motifs is 2. The lowest BCUT2D eigenvalue weighted by molar-refractivity contribution is -0.243. The van der Waals surface area contributed by atoms with E-state index in [2.05, 4.69) is 26.8 Å². The molecule has 150 valence electrons. The summed E-state index contributed by atoms with van der Waals surface area (Å²) < 4.78 is 12.2. The van der Waals surface area contributed by atoms with Crippen molar-refractivity contribution in [3.63, 3.8) is 0 Å². The summed E-state index contributed by atoms with van der Waals surface area (Å²) in [6, 6.07) is 0. The molecule has 0 aromatic heterocycles. The number of allylic oxidation sites excluding steroid dienone is 1. The number of carbonyl (C=O) groups is 1. The Kier molecular flexibility index (Phi) is 3.75. The molecule has 5 rings (SSSR count). The second-order valence-electron chi connectivity index (χ2n) is 10.1. The standard InChI is InChI=1S/C22H32O5/c1-12(2)17-8-14-9-21(19-26-6-7-27-19)16-5-4-13(3)15(16)10-20(14,11-23)22(17,21)18(24)25/h8,12-16,19,23H,4-7,9-11H2,1-3H3,(H,24,25)/t13-,14?,15-,16-,20?,21?,22-/m1/s1. The molecule has 0 spiro atoms. The summed E-state index contributed by atoms with van der Waals surface area (Å²) in [5.41, 5.74) is -1.25. The van der Waals surface area contributed by atoms with Crippen LogP contribution in [0.5, 0.6) is 0 Å². The zero-order chi connectivity index (χ0) is 19.2. The minimum Gasteiger partial charge on any atom is -0.481 e. The molecule has 3 unspecified atom stereocenters. The predicted molar refractivity (Wildman–Crippen MR) is 98.7 cm³/mol. The molecule has 2 N–H and O–H groups in total. The first-order valence-corrected chi connectivity index (χ1v) is 10.7. The van der Waals surface area contributed by atoms with Crippen molar-refractivity contribution < 1.29 is 24.5 Å². The molecule has 4 fully saturated rings. The van der Waals surface area contributed by atoms with E-state index in [1.165, 1.54) is 0 Å². The lowest BCUT2D eigenvalue weighted by Crippen LogP contribution is -2.66. The average Bonchev–Trinajstić information content (AvgIpc) is 3.37. The van der Waals surface area contributed by atoms with Crippen molar-refractivity contribution in [2.45, 2.75) is 52.7 Å². The fourth-order valence-corrected chi connectivity index (χ4v) is 8.54. The summed E-state index contributed by atoms with van der Waals surface area (Å²) in [7, 11) is 0. The molecule has 1 saturated heterocycles. The fourth-order valence-electron chi connectivity index (χ4n) is 8.54. The van der Waals surface area contributed by atoms with E-state index < -0.39 is 28.5 Å². The average molecular weight is 376 g/mol. The summed E-state index contributed by atoms with van der Waals surface area (Å²) in [5, 5.41) is 21.6. The maximum atomic E-state index is 13.2. The van der Waals surface area contributed by atoms with Crippen molar-refractivity contribution in [3.05, 3.63) is 11.6 Å². The van der Waals surface area contributed by atoms with Crippen molar-refractivity contribution in [2.24, 2.45) is 45.8 Å². The number of rotatable bonds is 4. The minimum atomic E-state index is -1.08. The number of aliphatic hydroxyl groups excluding tert-OH is 1. The van der Waals surface area contributed by atoms with Gasteiger partial charge in [-0.2, -0.15) is 0 Å². The highest BCUT2D eigenvalue weighted by Gasteiger charge is 2.86. The molecule has 1 heterocycles. The number of carboxylic acids is 1.